The van der Waals surface area contributed by atoms with Gasteiger partial charge in [-0.3, -0.25) is 9.69 Å². The summed E-state index contributed by atoms with van der Waals surface area (Å²) < 4.78 is 29.5. The lowest BCUT2D eigenvalue weighted by Crippen LogP contribution is -2.45. The van der Waals surface area contributed by atoms with Gasteiger partial charge in [-0.2, -0.15) is 0 Å². The SMILES string of the molecule is Cc1nnc(C(C)C)n1C1C[C@H]2CC[C@@H](C1)N2CC[C@H](NC(=O)C1CCC(F)(F)CC1)c1cscn1. The van der Waals surface area contributed by atoms with Crippen LogP contribution in [0.25, 0.3) is 0 Å². The summed E-state index contributed by atoms with van der Waals surface area (Å²) in [5.74, 6) is -0.632. The Balaban J connectivity index is 1.22. The van der Waals surface area contributed by atoms with Crippen molar-refractivity contribution in [1.29, 1.82) is 0 Å². The van der Waals surface area contributed by atoms with Crippen LogP contribution in [0.1, 0.15) is 107 Å². The molecule has 3 fully saturated rings. The highest BCUT2D eigenvalue weighted by atomic mass is 32.1. The van der Waals surface area contributed by atoms with Crippen LogP contribution in [0.5, 0.6) is 0 Å². The lowest BCUT2D eigenvalue weighted by molar-refractivity contribution is -0.130. The van der Waals surface area contributed by atoms with E-state index in [1.807, 2.05) is 5.38 Å². The van der Waals surface area contributed by atoms with E-state index in [0.717, 1.165) is 43.1 Å². The summed E-state index contributed by atoms with van der Waals surface area (Å²) in [4.78, 5) is 20.1. The first kappa shape index (κ1) is 25.7. The van der Waals surface area contributed by atoms with Gasteiger partial charge in [0.1, 0.15) is 11.6 Å². The van der Waals surface area contributed by atoms with E-state index < -0.39 is 5.92 Å². The van der Waals surface area contributed by atoms with Crippen LogP contribution in [0.3, 0.4) is 0 Å². The van der Waals surface area contributed by atoms with E-state index >= 15 is 0 Å². The molecule has 1 N–H and O–H groups in total. The topological polar surface area (TPSA) is 75.9 Å². The number of nitrogens with one attached hydrogen (secondary N) is 1. The number of hydrogen-bond donors (Lipinski definition) is 1. The number of amides is 1. The van der Waals surface area contributed by atoms with Crippen molar-refractivity contribution in [3.05, 3.63) is 28.2 Å². The van der Waals surface area contributed by atoms with Gasteiger partial charge in [-0.05, 0) is 51.9 Å². The van der Waals surface area contributed by atoms with Gasteiger partial charge in [0.25, 0.3) is 0 Å². The Labute approximate surface area is 216 Å². The van der Waals surface area contributed by atoms with Crippen molar-refractivity contribution < 1.29 is 13.6 Å². The quantitative estimate of drug-likeness (QED) is 0.504. The minimum absolute atomic E-state index is 0.102. The molecular formula is C26H38F2N6OS. The van der Waals surface area contributed by atoms with Gasteiger partial charge >= 0.3 is 0 Å². The fourth-order valence-corrected chi connectivity index (χ4v) is 7.22. The Morgan fingerprint density at radius 3 is 2.44 bits per heavy atom. The number of alkyl halides is 2. The predicted octanol–water partition coefficient (Wildman–Crippen LogP) is 5.41. The minimum atomic E-state index is -2.63. The Bertz CT molecular complexity index is 1020. The van der Waals surface area contributed by atoms with Gasteiger partial charge in [-0.1, -0.05) is 13.8 Å². The van der Waals surface area contributed by atoms with E-state index in [1.165, 1.54) is 24.2 Å². The lowest BCUT2D eigenvalue weighted by Gasteiger charge is -2.40. The van der Waals surface area contributed by atoms with E-state index in [1.54, 1.807) is 5.51 Å². The van der Waals surface area contributed by atoms with E-state index in [9.17, 15) is 13.6 Å². The fraction of sp³-hybridized carbons (Fsp3) is 0.769. The number of thiazole rings is 1. The second-order valence-electron chi connectivity index (χ2n) is 11.3. The number of piperidine rings is 1. The maximum Gasteiger partial charge on any atom is 0.248 e. The minimum Gasteiger partial charge on any atom is -0.347 e. The molecule has 2 saturated heterocycles. The number of aryl methyl sites for hydroxylation is 1. The predicted molar refractivity (Wildman–Crippen MR) is 135 cm³/mol. The molecule has 198 valence electrons. The number of fused-ring (bicyclic) bond motifs is 2. The monoisotopic (exact) mass is 520 g/mol. The molecule has 10 heteroatoms. The summed E-state index contributed by atoms with van der Waals surface area (Å²) in [5.41, 5.74) is 2.66. The molecule has 2 aromatic rings. The average Bonchev–Trinajstić information content (AvgIpc) is 3.55. The second kappa shape index (κ2) is 10.4. The molecule has 1 saturated carbocycles. The van der Waals surface area contributed by atoms with Gasteiger partial charge in [0, 0.05) is 54.7 Å². The molecule has 2 aromatic heterocycles. The van der Waals surface area contributed by atoms with Crippen molar-refractivity contribution >= 4 is 17.2 Å². The summed E-state index contributed by atoms with van der Waals surface area (Å²) in [6, 6.07) is 1.28. The third-order valence-electron chi connectivity index (χ3n) is 8.52. The van der Waals surface area contributed by atoms with Crippen LogP contribution < -0.4 is 5.32 Å². The number of hydrogen-bond acceptors (Lipinski definition) is 6. The van der Waals surface area contributed by atoms with Crippen LogP contribution in [0.4, 0.5) is 8.78 Å². The first-order valence-electron chi connectivity index (χ1n) is 13.4. The van der Waals surface area contributed by atoms with Crippen LogP contribution in [-0.4, -0.2) is 55.1 Å². The molecule has 1 amide bonds. The first-order valence-corrected chi connectivity index (χ1v) is 14.4. The molecule has 0 spiro atoms. The highest BCUT2D eigenvalue weighted by Gasteiger charge is 2.43. The Hall–Kier alpha value is -1.94. The average molecular weight is 521 g/mol. The van der Waals surface area contributed by atoms with Crippen molar-refractivity contribution in [2.45, 2.75) is 115 Å². The highest BCUT2D eigenvalue weighted by Crippen LogP contribution is 2.42. The summed E-state index contributed by atoms with van der Waals surface area (Å²) in [6.07, 6.45) is 5.47. The molecule has 1 aliphatic carbocycles. The molecule has 0 aromatic carbocycles. The Morgan fingerprint density at radius 2 is 1.83 bits per heavy atom. The van der Waals surface area contributed by atoms with Gasteiger partial charge < -0.3 is 9.88 Å². The number of halogens is 2. The molecule has 36 heavy (non-hydrogen) atoms. The normalized spacial score (nSPS) is 27.4. The number of carbonyl (C=O) groups excluding carboxylic acids is 1. The van der Waals surface area contributed by atoms with E-state index in [4.69, 9.17) is 0 Å². The summed E-state index contributed by atoms with van der Waals surface area (Å²) in [5, 5.41) is 14.0. The third kappa shape index (κ3) is 5.35. The van der Waals surface area contributed by atoms with Gasteiger partial charge in [0.15, 0.2) is 0 Å². The molecule has 1 unspecified atom stereocenters. The van der Waals surface area contributed by atoms with E-state index in [0.29, 0.717) is 24.0 Å². The van der Waals surface area contributed by atoms with Crippen molar-refractivity contribution in [2.75, 3.05) is 6.54 Å². The Morgan fingerprint density at radius 1 is 1.14 bits per heavy atom. The third-order valence-corrected chi connectivity index (χ3v) is 9.13. The summed E-state index contributed by atoms with van der Waals surface area (Å²) >= 11 is 1.52. The smallest absolute Gasteiger partial charge is 0.248 e. The van der Waals surface area contributed by atoms with Gasteiger partial charge in [0.05, 0.1) is 17.2 Å². The molecule has 5 rings (SSSR count). The van der Waals surface area contributed by atoms with E-state index in [2.05, 4.69) is 50.7 Å². The van der Waals surface area contributed by atoms with Crippen molar-refractivity contribution in [2.24, 2.45) is 5.92 Å². The second-order valence-corrected chi connectivity index (χ2v) is 12.0. The van der Waals surface area contributed by atoms with Crippen LogP contribution in [0.2, 0.25) is 0 Å². The maximum atomic E-state index is 13.6. The van der Waals surface area contributed by atoms with Crippen LogP contribution in [0.15, 0.2) is 10.9 Å². The lowest BCUT2D eigenvalue weighted by atomic mass is 9.86. The number of nitrogens with zero attached hydrogens (tertiary/aromatic N) is 5. The summed E-state index contributed by atoms with van der Waals surface area (Å²) in [6.45, 7) is 7.30. The standard InChI is InChI=1S/C26H38F2N6OS/c1-16(2)24-32-31-17(3)34(24)21-12-19-4-5-20(13-21)33(19)11-8-22(23-14-36-15-29-23)30-25(35)18-6-9-26(27,28)10-7-18/h14-16,18-22H,4-13H2,1-3H3,(H,30,35)/t19-,20+,21?,22-/m0/s1. The van der Waals surface area contributed by atoms with Gasteiger partial charge in [-0.25, -0.2) is 13.8 Å². The van der Waals surface area contributed by atoms with Gasteiger partial charge in [0.2, 0.25) is 11.8 Å². The van der Waals surface area contributed by atoms with Crippen LogP contribution in [0, 0.1) is 12.8 Å². The molecule has 3 aliphatic rings. The molecule has 2 bridgehead atoms. The largest absolute Gasteiger partial charge is 0.347 e. The first-order chi connectivity index (χ1) is 17.2. The maximum absolute atomic E-state index is 13.6. The van der Waals surface area contributed by atoms with Crippen molar-refractivity contribution in [3.8, 4) is 0 Å². The van der Waals surface area contributed by atoms with Crippen LogP contribution in [-0.2, 0) is 4.79 Å². The van der Waals surface area contributed by atoms with Gasteiger partial charge in [-0.15, -0.1) is 21.5 Å². The fourth-order valence-electron chi connectivity index (χ4n) is 6.61. The molecule has 7 nitrogen and oxygen atoms in total. The molecule has 4 heterocycles. The number of aromatic nitrogens is 4. The summed E-state index contributed by atoms with van der Waals surface area (Å²) in [7, 11) is 0. The molecule has 0 radical (unpaired) electrons. The zero-order valence-electron chi connectivity index (χ0n) is 21.5. The number of carbonyl (C=O) groups is 1. The Kier molecular flexibility index (Phi) is 7.45. The zero-order chi connectivity index (χ0) is 25.4. The molecule has 4 atom stereocenters. The number of rotatable bonds is 8. The van der Waals surface area contributed by atoms with Crippen molar-refractivity contribution in [1.82, 2.24) is 30.0 Å². The molecule has 2 aliphatic heterocycles. The van der Waals surface area contributed by atoms with Crippen LogP contribution >= 0.6 is 11.3 Å². The molecular weight excluding hydrogens is 482 g/mol. The van der Waals surface area contributed by atoms with E-state index in [-0.39, 0.29) is 43.6 Å². The highest BCUT2D eigenvalue weighted by molar-refractivity contribution is 7.07. The van der Waals surface area contributed by atoms with Crippen molar-refractivity contribution in [3.63, 3.8) is 0 Å². The zero-order valence-corrected chi connectivity index (χ0v) is 22.3.